The quantitative estimate of drug-likeness (QED) is 0.617. The van der Waals surface area contributed by atoms with Crippen LogP contribution in [0.25, 0.3) is 11.1 Å². The maximum Gasteiger partial charge on any atom is 0.291 e. The van der Waals surface area contributed by atoms with Crippen LogP contribution >= 0.6 is 15.9 Å². The van der Waals surface area contributed by atoms with Crippen molar-refractivity contribution in [3.63, 3.8) is 0 Å². The van der Waals surface area contributed by atoms with E-state index in [1.165, 1.54) is 18.2 Å². The molecule has 0 heterocycles. The monoisotopic (exact) mass is 282 g/mol. The molecule has 2 aromatic carbocycles. The van der Waals surface area contributed by atoms with Gasteiger partial charge >= 0.3 is 0 Å². The van der Waals surface area contributed by atoms with E-state index in [-0.39, 0.29) is 27.7 Å². The first-order chi connectivity index (χ1) is 9.77. The van der Waals surface area contributed by atoms with Gasteiger partial charge in [0, 0.05) is 0 Å². The Labute approximate surface area is 108 Å². The van der Waals surface area contributed by atoms with Gasteiger partial charge < -0.3 is 0 Å². The Morgan fingerprint density at radius 2 is 2.06 bits per heavy atom. The van der Waals surface area contributed by atoms with E-state index >= 15 is 0 Å². The fourth-order valence-corrected chi connectivity index (χ4v) is 1.68. The molecule has 80 valence electrons. The van der Waals surface area contributed by atoms with Crippen molar-refractivity contribution in [2.45, 2.75) is 0 Å². The van der Waals surface area contributed by atoms with Crippen LogP contribution < -0.4 is 0 Å². The zero-order valence-corrected chi connectivity index (χ0v) is 9.46. The van der Waals surface area contributed by atoms with Gasteiger partial charge in [-0.15, -0.1) is 0 Å². The topological polar surface area (TPSA) is 43.1 Å². The molecule has 0 aromatic heterocycles. The van der Waals surface area contributed by atoms with Crippen LogP contribution in [0.3, 0.4) is 0 Å². The summed E-state index contributed by atoms with van der Waals surface area (Å²) < 4.78 is 38.5. The Bertz CT molecular complexity index is 766. The van der Waals surface area contributed by atoms with Gasteiger partial charge in [-0.2, -0.15) is 0 Å². The van der Waals surface area contributed by atoms with E-state index in [1.807, 2.05) is 0 Å². The van der Waals surface area contributed by atoms with Crippen molar-refractivity contribution in [1.82, 2.24) is 0 Å². The fourth-order valence-electron chi connectivity index (χ4n) is 1.24. The molecule has 0 fully saturated rings. The molecule has 4 heteroatoms. The molecule has 16 heavy (non-hydrogen) atoms. The zero-order chi connectivity index (χ0) is 15.9. The predicted octanol–water partition coefficient (Wildman–Crippen LogP) is 4.02. The molecule has 0 atom stereocenters. The van der Waals surface area contributed by atoms with E-state index in [9.17, 15) is 10.1 Å². The lowest BCUT2D eigenvalue weighted by Crippen LogP contribution is -1.92. The minimum atomic E-state index is -0.759. The van der Waals surface area contributed by atoms with Gasteiger partial charge in [0.05, 0.1) is 21.8 Å². The Morgan fingerprint density at radius 3 is 2.81 bits per heavy atom. The van der Waals surface area contributed by atoms with Crippen LogP contribution in [0.1, 0.15) is 6.85 Å². The van der Waals surface area contributed by atoms with Crippen molar-refractivity contribution in [3.8, 4) is 11.1 Å². The number of nitro groups is 1. The number of para-hydroxylation sites is 1. The summed E-state index contributed by atoms with van der Waals surface area (Å²) >= 11 is 2.92. The van der Waals surface area contributed by atoms with Crippen LogP contribution in [0, 0.1) is 10.1 Å². The molecule has 0 amide bonds. The lowest BCUT2D eigenvalue weighted by atomic mass is 10.0. The third-order valence-corrected chi connectivity index (χ3v) is 2.48. The molecule has 0 N–H and O–H groups in total. The normalized spacial score (nSPS) is 14.4. The summed E-state index contributed by atoms with van der Waals surface area (Å²) in [4.78, 5) is 10.5. The van der Waals surface area contributed by atoms with E-state index < -0.39 is 28.7 Å². The van der Waals surface area contributed by atoms with Gasteiger partial charge in [0.1, 0.15) is 0 Å². The molecule has 0 radical (unpaired) electrons. The third-order valence-electron chi connectivity index (χ3n) is 1.91. The predicted molar refractivity (Wildman–Crippen MR) is 66.2 cm³/mol. The van der Waals surface area contributed by atoms with Gasteiger partial charge in [-0.3, -0.25) is 10.1 Å². The van der Waals surface area contributed by atoms with Crippen LogP contribution in [-0.2, 0) is 0 Å². The molecule has 0 saturated carbocycles. The van der Waals surface area contributed by atoms with Crippen molar-refractivity contribution in [3.05, 3.63) is 63.0 Å². The smallest absolute Gasteiger partial charge is 0.258 e. The minimum Gasteiger partial charge on any atom is -0.258 e. The van der Waals surface area contributed by atoms with Gasteiger partial charge in [-0.05, 0) is 33.6 Å². The van der Waals surface area contributed by atoms with Crippen molar-refractivity contribution < 1.29 is 11.8 Å². The molecule has 0 aliphatic carbocycles. The van der Waals surface area contributed by atoms with Gasteiger partial charge in [0.15, 0.2) is 0 Å². The van der Waals surface area contributed by atoms with Crippen LogP contribution in [0.15, 0.2) is 52.9 Å². The number of hydrogen-bond donors (Lipinski definition) is 0. The number of halogens is 1. The second-order valence-electron chi connectivity index (χ2n) is 2.88. The number of rotatable bonds is 2. The van der Waals surface area contributed by atoms with Crippen LogP contribution in [0.4, 0.5) is 5.69 Å². The average molecular weight is 283 g/mol. The first kappa shape index (κ1) is 6.15. The van der Waals surface area contributed by atoms with Gasteiger partial charge in [-0.1, -0.05) is 36.3 Å². The zero-order valence-electron chi connectivity index (χ0n) is 12.9. The number of hydrogen-bond acceptors (Lipinski definition) is 2. The van der Waals surface area contributed by atoms with Gasteiger partial charge in [0.25, 0.3) is 5.69 Å². The van der Waals surface area contributed by atoms with E-state index in [2.05, 4.69) is 15.9 Å². The highest BCUT2D eigenvalue weighted by Crippen LogP contribution is 2.35. The SMILES string of the molecule is [2H]c1cccc(-c2c([2H])c([2H])c([2H])c(Br)c2[N+](=O)[O-])c1[2H]. The standard InChI is InChI=1S/C12H8BrNO2/c13-11-8-4-7-10(12(11)14(15)16)9-5-2-1-3-6-9/h1-8H/i2D,4D,5D,7D,8D. The number of nitro benzene ring substituents is 1. The summed E-state index contributed by atoms with van der Waals surface area (Å²) in [5, 5.41) is 11.3. The molecule has 0 aliphatic heterocycles. The summed E-state index contributed by atoms with van der Waals surface area (Å²) in [5.41, 5.74) is -0.750. The summed E-state index contributed by atoms with van der Waals surface area (Å²) in [7, 11) is 0. The first-order valence-electron chi connectivity index (χ1n) is 6.77. The van der Waals surface area contributed by atoms with Crippen molar-refractivity contribution in [2.75, 3.05) is 0 Å². The summed E-state index contributed by atoms with van der Waals surface area (Å²) in [5.74, 6) is 0. The van der Waals surface area contributed by atoms with E-state index in [0.29, 0.717) is 0 Å². The highest BCUT2D eigenvalue weighted by atomic mass is 79.9. The largest absolute Gasteiger partial charge is 0.291 e. The van der Waals surface area contributed by atoms with E-state index in [1.54, 1.807) is 0 Å². The lowest BCUT2D eigenvalue weighted by molar-refractivity contribution is -0.385. The fraction of sp³-hybridized carbons (Fsp3) is 0. The van der Waals surface area contributed by atoms with E-state index in [4.69, 9.17) is 6.85 Å². The average Bonchev–Trinajstić information content (AvgIpc) is 2.43. The molecule has 2 aromatic rings. The Hall–Kier alpha value is -1.68. The molecule has 0 unspecified atom stereocenters. The Balaban J connectivity index is 2.98. The molecular formula is C12H8BrNO2. The molecule has 0 spiro atoms. The molecular weight excluding hydrogens is 270 g/mol. The molecule has 0 saturated heterocycles. The molecule has 2 rings (SSSR count). The number of nitrogens with zero attached hydrogens (tertiary/aromatic N) is 1. The van der Waals surface area contributed by atoms with Gasteiger partial charge in [-0.25, -0.2) is 0 Å². The first-order valence-corrected chi connectivity index (χ1v) is 5.06. The summed E-state index contributed by atoms with van der Waals surface area (Å²) in [6.45, 7) is 0. The van der Waals surface area contributed by atoms with E-state index in [0.717, 1.165) is 0 Å². The van der Waals surface area contributed by atoms with Crippen molar-refractivity contribution >= 4 is 21.6 Å². The lowest BCUT2D eigenvalue weighted by Gasteiger charge is -2.04. The maximum atomic E-state index is 11.3. The summed E-state index contributed by atoms with van der Waals surface area (Å²) in [6, 6.07) is 2.35. The van der Waals surface area contributed by atoms with Crippen molar-refractivity contribution in [1.29, 1.82) is 0 Å². The molecule has 3 nitrogen and oxygen atoms in total. The summed E-state index contributed by atoms with van der Waals surface area (Å²) in [6.07, 6.45) is 0. The second kappa shape index (κ2) is 4.45. The molecule has 0 aliphatic rings. The molecule has 0 bridgehead atoms. The second-order valence-corrected chi connectivity index (χ2v) is 3.67. The van der Waals surface area contributed by atoms with Crippen molar-refractivity contribution in [2.24, 2.45) is 0 Å². The highest BCUT2D eigenvalue weighted by molar-refractivity contribution is 9.10. The van der Waals surface area contributed by atoms with Crippen LogP contribution in [0.2, 0.25) is 0 Å². The highest BCUT2D eigenvalue weighted by Gasteiger charge is 2.18. The minimum absolute atomic E-state index is 0.0217. The van der Waals surface area contributed by atoms with Gasteiger partial charge in [0.2, 0.25) is 0 Å². The van der Waals surface area contributed by atoms with Crippen LogP contribution in [0.5, 0.6) is 0 Å². The van der Waals surface area contributed by atoms with Crippen LogP contribution in [-0.4, -0.2) is 4.92 Å². The number of benzene rings is 2. The Kier molecular flexibility index (Phi) is 1.71. The Morgan fingerprint density at radius 1 is 1.25 bits per heavy atom. The third kappa shape index (κ3) is 1.97. The maximum absolute atomic E-state index is 11.3.